The minimum atomic E-state index is -0.445. The minimum Gasteiger partial charge on any atom is -0.497 e. The lowest BCUT2D eigenvalue weighted by atomic mass is 10.1. The fourth-order valence-corrected chi connectivity index (χ4v) is 3.77. The predicted molar refractivity (Wildman–Crippen MR) is 103 cm³/mol. The first kappa shape index (κ1) is 18.9. The maximum absolute atomic E-state index is 12.3. The lowest BCUT2D eigenvalue weighted by Crippen LogP contribution is -2.15. The minimum absolute atomic E-state index is 0.0386. The largest absolute Gasteiger partial charge is 0.497 e. The van der Waals surface area contributed by atoms with Gasteiger partial charge in [-0.1, -0.05) is 6.07 Å². The van der Waals surface area contributed by atoms with Gasteiger partial charge >= 0.3 is 5.97 Å². The number of esters is 1. The van der Waals surface area contributed by atoms with Gasteiger partial charge in [0.15, 0.2) is 0 Å². The SMILES string of the molecule is COc1ccc(CC(=O)OCc2nc3sc(C)c(C)c3c(=O)[nH]2)c(OC)c1. The van der Waals surface area contributed by atoms with Crippen LogP contribution >= 0.6 is 11.3 Å². The Bertz CT molecular complexity index is 1050. The molecule has 8 heteroatoms. The number of carbonyl (C=O) groups is 1. The van der Waals surface area contributed by atoms with Crippen molar-refractivity contribution in [2.75, 3.05) is 14.2 Å². The van der Waals surface area contributed by atoms with Crippen LogP contribution in [0, 0.1) is 13.8 Å². The number of rotatable bonds is 6. The van der Waals surface area contributed by atoms with E-state index in [4.69, 9.17) is 14.2 Å². The highest BCUT2D eigenvalue weighted by atomic mass is 32.1. The zero-order chi connectivity index (χ0) is 19.6. The topological polar surface area (TPSA) is 90.5 Å². The highest BCUT2D eigenvalue weighted by Gasteiger charge is 2.14. The molecule has 0 fully saturated rings. The van der Waals surface area contributed by atoms with Gasteiger partial charge in [-0.25, -0.2) is 4.98 Å². The van der Waals surface area contributed by atoms with Crippen molar-refractivity contribution >= 4 is 27.5 Å². The molecule has 0 saturated carbocycles. The van der Waals surface area contributed by atoms with Gasteiger partial charge in [0.1, 0.15) is 28.8 Å². The van der Waals surface area contributed by atoms with E-state index < -0.39 is 5.97 Å². The molecule has 0 spiro atoms. The Morgan fingerprint density at radius 2 is 2.00 bits per heavy atom. The number of benzene rings is 1. The summed E-state index contributed by atoms with van der Waals surface area (Å²) in [4.78, 5) is 33.2. The van der Waals surface area contributed by atoms with Crippen LogP contribution in [0.15, 0.2) is 23.0 Å². The summed E-state index contributed by atoms with van der Waals surface area (Å²) >= 11 is 1.45. The smallest absolute Gasteiger partial charge is 0.310 e. The van der Waals surface area contributed by atoms with Crippen LogP contribution in [0.1, 0.15) is 21.8 Å². The molecular formula is C19H20N2O5S. The van der Waals surface area contributed by atoms with E-state index in [9.17, 15) is 9.59 Å². The zero-order valence-electron chi connectivity index (χ0n) is 15.5. The number of hydrogen-bond donors (Lipinski definition) is 1. The average Bonchev–Trinajstić information content (AvgIpc) is 2.94. The molecule has 0 atom stereocenters. The number of aromatic nitrogens is 2. The Kier molecular flexibility index (Phi) is 5.46. The summed E-state index contributed by atoms with van der Waals surface area (Å²) in [6.45, 7) is 3.74. The summed E-state index contributed by atoms with van der Waals surface area (Å²) in [6.07, 6.45) is 0.0386. The fourth-order valence-electron chi connectivity index (χ4n) is 2.72. The first-order valence-electron chi connectivity index (χ1n) is 8.28. The molecule has 142 valence electrons. The van der Waals surface area contributed by atoms with Crippen LogP contribution in [-0.4, -0.2) is 30.2 Å². The summed E-state index contributed by atoms with van der Waals surface area (Å²) < 4.78 is 15.7. The summed E-state index contributed by atoms with van der Waals surface area (Å²) in [5.74, 6) is 1.06. The molecule has 0 aliphatic rings. The Labute approximate surface area is 159 Å². The number of fused-ring (bicyclic) bond motifs is 1. The van der Waals surface area contributed by atoms with Crippen molar-refractivity contribution < 1.29 is 19.0 Å². The van der Waals surface area contributed by atoms with E-state index in [1.54, 1.807) is 25.3 Å². The number of methoxy groups -OCH3 is 2. The van der Waals surface area contributed by atoms with Gasteiger partial charge in [-0.2, -0.15) is 0 Å². The maximum atomic E-state index is 12.3. The highest BCUT2D eigenvalue weighted by molar-refractivity contribution is 7.18. The molecule has 2 heterocycles. The quantitative estimate of drug-likeness (QED) is 0.653. The van der Waals surface area contributed by atoms with E-state index >= 15 is 0 Å². The fraction of sp³-hybridized carbons (Fsp3) is 0.316. The standard InChI is InChI=1S/C19H20N2O5S/c1-10-11(2)27-19-17(10)18(23)20-15(21-19)9-26-16(22)7-12-5-6-13(24-3)8-14(12)25-4/h5-6,8H,7,9H2,1-4H3,(H,20,21,23). The van der Waals surface area contributed by atoms with Gasteiger partial charge in [0, 0.05) is 16.5 Å². The van der Waals surface area contributed by atoms with Crippen LogP contribution in [0.4, 0.5) is 0 Å². The van der Waals surface area contributed by atoms with E-state index in [2.05, 4.69) is 9.97 Å². The first-order chi connectivity index (χ1) is 12.9. The number of carbonyl (C=O) groups excluding carboxylic acids is 1. The second-order valence-corrected chi connectivity index (χ2v) is 7.19. The van der Waals surface area contributed by atoms with E-state index in [1.807, 2.05) is 13.8 Å². The lowest BCUT2D eigenvalue weighted by molar-refractivity contribution is -0.144. The van der Waals surface area contributed by atoms with Gasteiger partial charge < -0.3 is 19.2 Å². The van der Waals surface area contributed by atoms with Gasteiger partial charge in [-0.05, 0) is 25.5 Å². The van der Waals surface area contributed by atoms with Gasteiger partial charge in [-0.15, -0.1) is 11.3 Å². The van der Waals surface area contributed by atoms with Crippen molar-refractivity contribution in [2.24, 2.45) is 0 Å². The highest BCUT2D eigenvalue weighted by Crippen LogP contribution is 2.26. The number of ether oxygens (including phenoxy) is 3. The number of thiophene rings is 1. The molecular weight excluding hydrogens is 368 g/mol. The van der Waals surface area contributed by atoms with Crippen LogP contribution < -0.4 is 15.0 Å². The molecule has 0 aliphatic heterocycles. The Balaban J connectivity index is 1.71. The molecule has 0 aliphatic carbocycles. The Morgan fingerprint density at radius 1 is 1.22 bits per heavy atom. The van der Waals surface area contributed by atoms with Crippen LogP contribution in [0.3, 0.4) is 0 Å². The van der Waals surface area contributed by atoms with Crippen molar-refractivity contribution in [2.45, 2.75) is 26.9 Å². The molecule has 0 amide bonds. The molecule has 3 aromatic rings. The predicted octanol–water partition coefficient (Wildman–Crippen LogP) is 2.90. The van der Waals surface area contributed by atoms with Crippen LogP contribution in [0.2, 0.25) is 0 Å². The lowest BCUT2D eigenvalue weighted by Gasteiger charge is -2.10. The number of hydrogen-bond acceptors (Lipinski definition) is 7. The Morgan fingerprint density at radius 3 is 2.70 bits per heavy atom. The van der Waals surface area contributed by atoms with Gasteiger partial charge in [0.25, 0.3) is 5.56 Å². The average molecular weight is 388 g/mol. The molecule has 7 nitrogen and oxygen atoms in total. The monoisotopic (exact) mass is 388 g/mol. The summed E-state index contributed by atoms with van der Waals surface area (Å²) in [7, 11) is 3.09. The van der Waals surface area contributed by atoms with Crippen molar-refractivity contribution in [3.63, 3.8) is 0 Å². The van der Waals surface area contributed by atoms with E-state index in [1.165, 1.54) is 18.4 Å². The Hall–Kier alpha value is -2.87. The van der Waals surface area contributed by atoms with Crippen molar-refractivity contribution in [1.82, 2.24) is 9.97 Å². The molecule has 1 N–H and O–H groups in total. The van der Waals surface area contributed by atoms with Crippen molar-refractivity contribution in [3.8, 4) is 11.5 Å². The van der Waals surface area contributed by atoms with Gasteiger partial charge in [0.05, 0.1) is 26.0 Å². The molecule has 2 aromatic heterocycles. The van der Waals surface area contributed by atoms with Gasteiger partial charge in [0.2, 0.25) is 0 Å². The molecule has 0 saturated heterocycles. The molecule has 3 rings (SSSR count). The van der Waals surface area contributed by atoms with E-state index in [-0.39, 0.29) is 18.6 Å². The van der Waals surface area contributed by atoms with Crippen LogP contribution in [0.5, 0.6) is 11.5 Å². The van der Waals surface area contributed by atoms with E-state index in [0.29, 0.717) is 33.1 Å². The number of H-pyrrole nitrogens is 1. The van der Waals surface area contributed by atoms with Crippen LogP contribution in [0.25, 0.3) is 10.2 Å². The first-order valence-corrected chi connectivity index (χ1v) is 9.10. The normalized spacial score (nSPS) is 10.8. The third kappa shape index (κ3) is 3.95. The summed E-state index contributed by atoms with van der Waals surface area (Å²) in [5.41, 5.74) is 1.40. The number of aromatic amines is 1. The third-order valence-electron chi connectivity index (χ3n) is 4.29. The third-order valence-corrected chi connectivity index (χ3v) is 5.39. The van der Waals surface area contributed by atoms with Crippen molar-refractivity contribution in [3.05, 3.63) is 50.4 Å². The maximum Gasteiger partial charge on any atom is 0.310 e. The summed E-state index contributed by atoms with van der Waals surface area (Å²) in [5, 5.41) is 0.593. The second-order valence-electron chi connectivity index (χ2n) is 5.99. The number of aryl methyl sites for hydroxylation is 2. The molecule has 0 radical (unpaired) electrons. The van der Waals surface area contributed by atoms with Gasteiger partial charge in [-0.3, -0.25) is 9.59 Å². The van der Waals surface area contributed by atoms with Crippen molar-refractivity contribution in [1.29, 1.82) is 0 Å². The van der Waals surface area contributed by atoms with Crippen LogP contribution in [-0.2, 0) is 22.6 Å². The zero-order valence-corrected chi connectivity index (χ0v) is 16.4. The molecule has 27 heavy (non-hydrogen) atoms. The molecule has 0 bridgehead atoms. The summed E-state index contributed by atoms with van der Waals surface area (Å²) in [6, 6.07) is 5.21. The number of nitrogens with zero attached hydrogens (tertiary/aromatic N) is 1. The van der Waals surface area contributed by atoms with E-state index in [0.717, 1.165) is 10.4 Å². The second kappa shape index (κ2) is 7.79. The number of nitrogens with one attached hydrogen (secondary N) is 1. The molecule has 1 aromatic carbocycles. The molecule has 0 unspecified atom stereocenters.